The first-order chi connectivity index (χ1) is 5.58. The molecule has 1 amide bonds. The second-order valence-electron chi connectivity index (χ2n) is 2.61. The van der Waals surface area contributed by atoms with Crippen LogP contribution in [-0.4, -0.2) is 31.1 Å². The average Bonchev–Trinajstić information content (AvgIpc) is 2.31. The lowest BCUT2D eigenvalue weighted by atomic mass is 10.6. The summed E-state index contributed by atoms with van der Waals surface area (Å²) in [6, 6.07) is 0. The van der Waals surface area contributed by atoms with Crippen LogP contribution in [0.15, 0.2) is 10.7 Å². The van der Waals surface area contributed by atoms with Crippen LogP contribution < -0.4 is 0 Å². The van der Waals surface area contributed by atoms with Crippen LogP contribution in [0, 0.1) is 0 Å². The molecule has 0 aromatic carbocycles. The summed E-state index contributed by atoms with van der Waals surface area (Å²) >= 11 is 0. The predicted molar refractivity (Wildman–Crippen MR) is 40.8 cm³/mol. The van der Waals surface area contributed by atoms with Crippen molar-refractivity contribution in [2.24, 2.45) is 4.36 Å². The molecule has 1 atom stereocenters. The molecule has 1 aromatic heterocycles. The fraction of sp³-hybridized carbons (Fsp3) is 0.400. The molecule has 64 valence electrons. The molecule has 0 fully saturated rings. The van der Waals surface area contributed by atoms with Gasteiger partial charge in [-0.05, 0) is 0 Å². The van der Waals surface area contributed by atoms with E-state index in [1.807, 2.05) is 0 Å². The van der Waals surface area contributed by atoms with Gasteiger partial charge in [0.2, 0.25) is 5.82 Å². The van der Waals surface area contributed by atoms with Gasteiger partial charge in [0, 0.05) is 6.26 Å². The summed E-state index contributed by atoms with van der Waals surface area (Å²) in [6.07, 6.45) is 2.82. The fourth-order valence-corrected chi connectivity index (χ4v) is 2.21. The van der Waals surface area contributed by atoms with Crippen molar-refractivity contribution < 1.29 is 9.00 Å². The molecule has 7 heteroatoms. The van der Waals surface area contributed by atoms with Gasteiger partial charge in [-0.15, -0.1) is 10.2 Å². The highest BCUT2D eigenvalue weighted by Crippen LogP contribution is 2.09. The van der Waals surface area contributed by atoms with Gasteiger partial charge in [0.15, 0.2) is 0 Å². The summed E-state index contributed by atoms with van der Waals surface area (Å²) in [7, 11) is -2.41. The zero-order chi connectivity index (χ0) is 8.77. The van der Waals surface area contributed by atoms with Crippen molar-refractivity contribution in [3.05, 3.63) is 12.2 Å². The summed E-state index contributed by atoms with van der Waals surface area (Å²) in [5.41, 5.74) is 0. The maximum absolute atomic E-state index is 11.4. The Labute approximate surface area is 68.8 Å². The number of rotatable bonds is 0. The highest BCUT2D eigenvalue weighted by atomic mass is 32.2. The Morgan fingerprint density at radius 3 is 3.17 bits per heavy atom. The monoisotopic (exact) mass is 186 g/mol. The van der Waals surface area contributed by atoms with Crippen molar-refractivity contribution in [3.63, 3.8) is 0 Å². The molecule has 1 aliphatic heterocycles. The molecule has 12 heavy (non-hydrogen) atoms. The molecule has 2 heterocycles. The summed E-state index contributed by atoms with van der Waals surface area (Å²) in [4.78, 5) is 11.1. The molecule has 0 radical (unpaired) electrons. The zero-order valence-electron chi connectivity index (χ0n) is 6.30. The Bertz CT molecular complexity index is 454. The lowest BCUT2D eigenvalue weighted by Crippen LogP contribution is -2.20. The van der Waals surface area contributed by atoms with E-state index in [2.05, 4.69) is 14.6 Å². The van der Waals surface area contributed by atoms with Crippen LogP contribution in [0.25, 0.3) is 0 Å². The second kappa shape index (κ2) is 2.13. The first-order valence-electron chi connectivity index (χ1n) is 3.20. The Balaban J connectivity index is 2.65. The van der Waals surface area contributed by atoms with Gasteiger partial charge in [0.05, 0.1) is 9.73 Å². The Hall–Kier alpha value is -1.24. The molecule has 0 bridgehead atoms. The van der Waals surface area contributed by atoms with Crippen LogP contribution >= 0.6 is 0 Å². The predicted octanol–water partition coefficient (Wildman–Crippen LogP) is -0.513. The molecule has 0 saturated heterocycles. The van der Waals surface area contributed by atoms with E-state index in [0.29, 0.717) is 0 Å². The van der Waals surface area contributed by atoms with Crippen LogP contribution in [0.2, 0.25) is 0 Å². The van der Waals surface area contributed by atoms with Crippen molar-refractivity contribution >= 4 is 15.6 Å². The van der Waals surface area contributed by atoms with Gasteiger partial charge in [-0.3, -0.25) is 9.36 Å². The first kappa shape index (κ1) is 7.41. The third kappa shape index (κ3) is 1.02. The van der Waals surface area contributed by atoms with Crippen LogP contribution in [0.3, 0.4) is 0 Å². The van der Waals surface area contributed by atoms with Gasteiger partial charge in [0.25, 0.3) is 0 Å². The minimum atomic E-state index is -2.41. The highest BCUT2D eigenvalue weighted by molar-refractivity contribution is 7.92. The number of carbonyl (C=O) groups is 1. The Morgan fingerprint density at radius 2 is 2.42 bits per heavy atom. The van der Waals surface area contributed by atoms with Crippen LogP contribution in [0.4, 0.5) is 0 Å². The minimum absolute atomic E-state index is 0.163. The summed E-state index contributed by atoms with van der Waals surface area (Å²) in [5, 5.41) is 7.07. The van der Waals surface area contributed by atoms with Gasteiger partial charge in [-0.25, -0.2) is 4.21 Å². The van der Waals surface area contributed by atoms with Gasteiger partial charge in [0.1, 0.15) is 12.2 Å². The summed E-state index contributed by atoms with van der Waals surface area (Å²) in [5.74, 6) is -0.191. The van der Waals surface area contributed by atoms with E-state index in [4.69, 9.17) is 0 Å². The van der Waals surface area contributed by atoms with Crippen molar-refractivity contribution in [1.29, 1.82) is 0 Å². The molecule has 0 spiro atoms. The lowest BCUT2D eigenvalue weighted by molar-refractivity contribution is 0.0989. The van der Waals surface area contributed by atoms with E-state index < -0.39 is 15.6 Å². The van der Waals surface area contributed by atoms with E-state index in [9.17, 15) is 9.00 Å². The molecule has 0 aliphatic carbocycles. The molecule has 0 N–H and O–H groups in total. The normalized spacial score (nSPS) is 27.9. The number of fused-ring (bicyclic) bond motifs is 1. The number of nitrogens with zero attached hydrogens (tertiary/aromatic N) is 4. The van der Waals surface area contributed by atoms with Gasteiger partial charge in [-0.2, -0.15) is 4.36 Å². The maximum Gasteiger partial charge on any atom is 0.323 e. The van der Waals surface area contributed by atoms with Crippen LogP contribution in [0.1, 0.15) is 10.6 Å². The third-order valence-corrected chi connectivity index (χ3v) is 2.77. The van der Waals surface area contributed by atoms with Crippen molar-refractivity contribution in [3.8, 4) is 0 Å². The summed E-state index contributed by atoms with van der Waals surface area (Å²) in [6.45, 7) is 0. The molecular formula is C5H6N4O2S. The average molecular weight is 186 g/mol. The first-order valence-corrected chi connectivity index (χ1v) is 5.30. The Morgan fingerprint density at radius 1 is 1.67 bits per heavy atom. The number of aromatic nitrogens is 3. The Kier molecular flexibility index (Phi) is 1.31. The van der Waals surface area contributed by atoms with E-state index in [0.717, 1.165) is 0 Å². The van der Waals surface area contributed by atoms with Crippen LogP contribution in [-0.2, 0) is 15.6 Å². The lowest BCUT2D eigenvalue weighted by Gasteiger charge is -2.10. The molecule has 1 aromatic rings. The van der Waals surface area contributed by atoms with E-state index in [1.54, 1.807) is 0 Å². The number of hydrogen-bond donors (Lipinski definition) is 0. The second-order valence-corrected chi connectivity index (χ2v) is 4.97. The van der Waals surface area contributed by atoms with Crippen LogP contribution in [0.5, 0.6) is 0 Å². The molecule has 1 aliphatic rings. The van der Waals surface area contributed by atoms with Gasteiger partial charge < -0.3 is 0 Å². The standard InChI is InChI=1S/C5H6N4O2S/c1-12(11)3-9-2-6-7-4(9)5(10)8-12/h2H,3H2,1H3. The smallest absolute Gasteiger partial charge is 0.296 e. The largest absolute Gasteiger partial charge is 0.323 e. The maximum atomic E-state index is 11.4. The molecule has 1 unspecified atom stereocenters. The SMILES string of the molecule is CS1(=O)=NC(=O)c2nncn2C1. The van der Waals surface area contributed by atoms with E-state index in [-0.39, 0.29) is 11.7 Å². The third-order valence-electron chi connectivity index (χ3n) is 1.46. The van der Waals surface area contributed by atoms with Gasteiger partial charge in [-0.1, -0.05) is 0 Å². The molecular weight excluding hydrogens is 180 g/mol. The number of carbonyl (C=O) groups excluding carboxylic acids is 1. The minimum Gasteiger partial charge on any atom is -0.296 e. The van der Waals surface area contributed by atoms with Gasteiger partial charge >= 0.3 is 5.91 Å². The van der Waals surface area contributed by atoms with E-state index >= 15 is 0 Å². The zero-order valence-corrected chi connectivity index (χ0v) is 7.11. The quantitative estimate of drug-likeness (QED) is 0.546. The van der Waals surface area contributed by atoms with Crippen molar-refractivity contribution in [1.82, 2.24) is 14.8 Å². The topological polar surface area (TPSA) is 77.2 Å². The highest BCUT2D eigenvalue weighted by Gasteiger charge is 2.22. The number of hydrogen-bond acceptors (Lipinski definition) is 4. The summed E-state index contributed by atoms with van der Waals surface area (Å²) < 4.78 is 16.4. The number of amides is 1. The fourth-order valence-electron chi connectivity index (χ4n) is 1.02. The van der Waals surface area contributed by atoms with Crippen molar-refractivity contribution in [2.45, 2.75) is 5.88 Å². The molecule has 0 saturated carbocycles. The van der Waals surface area contributed by atoms with E-state index in [1.165, 1.54) is 17.2 Å². The molecule has 6 nitrogen and oxygen atoms in total. The van der Waals surface area contributed by atoms with Crippen molar-refractivity contribution in [2.75, 3.05) is 6.26 Å². The molecule has 2 rings (SSSR count).